The highest BCUT2D eigenvalue weighted by molar-refractivity contribution is 7.89. The largest absolute Gasteiger partial charge is 0.381 e. The Bertz CT molecular complexity index is 713. The topological polar surface area (TPSA) is 74.2 Å². The molecule has 1 aromatic carbocycles. The number of aliphatic imine (C=N–C) groups is 1. The summed E-state index contributed by atoms with van der Waals surface area (Å²) >= 11 is 0. The van der Waals surface area contributed by atoms with Gasteiger partial charge in [0.05, 0.1) is 18.0 Å². The molecule has 2 rings (SSSR count). The third-order valence-corrected chi connectivity index (χ3v) is 6.30. The van der Waals surface area contributed by atoms with Crippen molar-refractivity contribution in [1.29, 1.82) is 0 Å². The van der Waals surface area contributed by atoms with Crippen molar-refractivity contribution in [1.82, 2.24) is 14.5 Å². The summed E-state index contributed by atoms with van der Waals surface area (Å²) in [6.07, 6.45) is 1.06. The number of guanidine groups is 1. The summed E-state index contributed by atoms with van der Waals surface area (Å²) in [5, 5.41) is 3.28. The molecule has 0 saturated carbocycles. The van der Waals surface area contributed by atoms with Crippen molar-refractivity contribution < 1.29 is 13.2 Å². The van der Waals surface area contributed by atoms with Gasteiger partial charge in [-0.25, -0.2) is 17.7 Å². The van der Waals surface area contributed by atoms with Crippen molar-refractivity contribution in [2.75, 3.05) is 47.4 Å². The van der Waals surface area contributed by atoms with Crippen LogP contribution in [0.25, 0.3) is 0 Å². The first-order valence-corrected chi connectivity index (χ1v) is 10.4. The molecule has 1 fully saturated rings. The average Bonchev–Trinajstić information content (AvgIpc) is 3.11. The van der Waals surface area contributed by atoms with Gasteiger partial charge in [0.15, 0.2) is 5.96 Å². The molecular formula is C18H30N4O3S. The number of rotatable bonds is 7. The van der Waals surface area contributed by atoms with E-state index in [0.29, 0.717) is 22.9 Å². The Morgan fingerprint density at radius 1 is 1.31 bits per heavy atom. The van der Waals surface area contributed by atoms with E-state index < -0.39 is 10.0 Å². The van der Waals surface area contributed by atoms with Gasteiger partial charge in [0.25, 0.3) is 0 Å². The fourth-order valence-electron chi connectivity index (χ4n) is 2.91. The van der Waals surface area contributed by atoms with Crippen LogP contribution in [-0.4, -0.2) is 71.0 Å². The molecule has 1 aromatic rings. The first-order valence-electron chi connectivity index (χ1n) is 8.94. The van der Waals surface area contributed by atoms with E-state index in [2.05, 4.69) is 15.2 Å². The molecule has 1 aliphatic heterocycles. The lowest BCUT2D eigenvalue weighted by Crippen LogP contribution is -2.41. The molecule has 0 amide bonds. The summed E-state index contributed by atoms with van der Waals surface area (Å²) < 4.78 is 31.7. The zero-order chi connectivity index (χ0) is 19.2. The Morgan fingerprint density at radius 3 is 2.65 bits per heavy atom. The Kier molecular flexibility index (Phi) is 7.43. The summed E-state index contributed by atoms with van der Waals surface area (Å²) in [6, 6.07) is 7.02. The first kappa shape index (κ1) is 20.7. The maximum Gasteiger partial charge on any atom is 0.242 e. The van der Waals surface area contributed by atoms with Crippen LogP contribution in [0.3, 0.4) is 0 Å². The maximum absolute atomic E-state index is 12.5. The van der Waals surface area contributed by atoms with Crippen molar-refractivity contribution >= 4 is 16.0 Å². The van der Waals surface area contributed by atoms with Crippen LogP contribution < -0.4 is 5.32 Å². The molecule has 26 heavy (non-hydrogen) atoms. The monoisotopic (exact) mass is 382 g/mol. The van der Waals surface area contributed by atoms with Gasteiger partial charge in [-0.15, -0.1) is 0 Å². The Balaban J connectivity index is 2.19. The molecule has 1 atom stereocenters. The number of nitrogens with one attached hydrogen (secondary N) is 1. The van der Waals surface area contributed by atoms with Crippen molar-refractivity contribution in [3.05, 3.63) is 29.8 Å². The van der Waals surface area contributed by atoms with Crippen molar-refractivity contribution in [3.63, 3.8) is 0 Å². The third-order valence-electron chi connectivity index (χ3n) is 4.38. The highest BCUT2D eigenvalue weighted by Crippen LogP contribution is 2.19. The van der Waals surface area contributed by atoms with E-state index in [9.17, 15) is 8.42 Å². The molecule has 1 heterocycles. The molecule has 146 valence electrons. The fraction of sp³-hybridized carbons (Fsp3) is 0.611. The van der Waals surface area contributed by atoms with Crippen molar-refractivity contribution in [2.45, 2.75) is 24.8 Å². The van der Waals surface area contributed by atoms with E-state index in [0.717, 1.165) is 38.7 Å². The van der Waals surface area contributed by atoms with Gasteiger partial charge in [-0.05, 0) is 25.0 Å². The second kappa shape index (κ2) is 9.34. The standard InChI is InChI=1S/C18H30N4O3S/c1-5-19-18(22(4)13-15-10-11-25-14-15)20-12-16-8-6-7-9-17(16)26(23,24)21(2)3/h6-9,15H,5,10-14H2,1-4H3,(H,19,20). The number of nitrogens with zero attached hydrogens (tertiary/aromatic N) is 3. The zero-order valence-electron chi connectivity index (χ0n) is 16.1. The molecule has 7 nitrogen and oxygen atoms in total. The second-order valence-electron chi connectivity index (χ2n) is 6.68. The zero-order valence-corrected chi connectivity index (χ0v) is 16.9. The molecule has 1 N–H and O–H groups in total. The van der Waals surface area contributed by atoms with Gasteiger partial charge in [-0.1, -0.05) is 18.2 Å². The summed E-state index contributed by atoms with van der Waals surface area (Å²) in [4.78, 5) is 7.06. The minimum atomic E-state index is -3.49. The lowest BCUT2D eigenvalue weighted by atomic mass is 10.1. The Hall–Kier alpha value is -1.64. The fourth-order valence-corrected chi connectivity index (χ4v) is 4.02. The number of sulfonamides is 1. The smallest absolute Gasteiger partial charge is 0.242 e. The van der Waals surface area contributed by atoms with Crippen LogP contribution in [0.1, 0.15) is 18.9 Å². The van der Waals surface area contributed by atoms with E-state index in [4.69, 9.17) is 4.74 Å². The van der Waals surface area contributed by atoms with E-state index >= 15 is 0 Å². The molecule has 0 aliphatic carbocycles. The molecule has 1 aliphatic rings. The Morgan fingerprint density at radius 2 is 2.04 bits per heavy atom. The molecular weight excluding hydrogens is 352 g/mol. The van der Waals surface area contributed by atoms with Crippen molar-refractivity contribution in [2.24, 2.45) is 10.9 Å². The second-order valence-corrected chi connectivity index (χ2v) is 8.80. The summed E-state index contributed by atoms with van der Waals surface area (Å²) in [5.41, 5.74) is 0.689. The third kappa shape index (κ3) is 5.18. The van der Waals surface area contributed by atoms with E-state index in [-0.39, 0.29) is 0 Å². The van der Waals surface area contributed by atoms with Gasteiger partial charge >= 0.3 is 0 Å². The molecule has 1 unspecified atom stereocenters. The number of hydrogen-bond acceptors (Lipinski definition) is 4. The van der Waals surface area contributed by atoms with E-state index in [1.54, 1.807) is 12.1 Å². The summed E-state index contributed by atoms with van der Waals surface area (Å²) in [5.74, 6) is 1.28. The summed E-state index contributed by atoms with van der Waals surface area (Å²) in [6.45, 7) is 5.55. The average molecular weight is 383 g/mol. The minimum Gasteiger partial charge on any atom is -0.381 e. The molecule has 0 spiro atoms. The van der Waals surface area contributed by atoms with Gasteiger partial charge in [-0.2, -0.15) is 0 Å². The first-order chi connectivity index (χ1) is 12.4. The van der Waals surface area contributed by atoms with Gasteiger partial charge in [0.2, 0.25) is 10.0 Å². The number of hydrogen-bond donors (Lipinski definition) is 1. The number of ether oxygens (including phenoxy) is 1. The van der Waals surface area contributed by atoms with E-state index in [1.165, 1.54) is 18.4 Å². The van der Waals surface area contributed by atoms with Crippen LogP contribution >= 0.6 is 0 Å². The van der Waals surface area contributed by atoms with Crippen molar-refractivity contribution in [3.8, 4) is 0 Å². The summed E-state index contributed by atoms with van der Waals surface area (Å²) in [7, 11) is 1.59. The molecule has 1 saturated heterocycles. The molecule has 0 aromatic heterocycles. The van der Waals surface area contributed by atoms with Crippen LogP contribution in [0, 0.1) is 5.92 Å². The maximum atomic E-state index is 12.5. The van der Waals surface area contributed by atoms with Crippen LogP contribution in [-0.2, 0) is 21.3 Å². The lowest BCUT2D eigenvalue weighted by Gasteiger charge is -2.24. The Labute approximate surface area is 157 Å². The molecule has 8 heteroatoms. The highest BCUT2D eigenvalue weighted by atomic mass is 32.2. The predicted octanol–water partition coefficient (Wildman–Crippen LogP) is 1.37. The normalized spacial score (nSPS) is 18.3. The SMILES string of the molecule is CCNC(=NCc1ccccc1S(=O)(=O)N(C)C)N(C)CC1CCOC1. The highest BCUT2D eigenvalue weighted by Gasteiger charge is 2.21. The van der Waals surface area contributed by atoms with Gasteiger partial charge in [0, 0.05) is 46.8 Å². The van der Waals surface area contributed by atoms with Crippen LogP contribution in [0.5, 0.6) is 0 Å². The predicted molar refractivity (Wildman–Crippen MR) is 104 cm³/mol. The van der Waals surface area contributed by atoms with Gasteiger partial charge in [0.1, 0.15) is 0 Å². The number of benzene rings is 1. The van der Waals surface area contributed by atoms with Crippen LogP contribution in [0.15, 0.2) is 34.2 Å². The van der Waals surface area contributed by atoms with Gasteiger partial charge < -0.3 is 15.0 Å². The molecule has 0 bridgehead atoms. The van der Waals surface area contributed by atoms with Gasteiger partial charge in [-0.3, -0.25) is 0 Å². The van der Waals surface area contributed by atoms with E-state index in [1.807, 2.05) is 26.1 Å². The van der Waals surface area contributed by atoms with Crippen LogP contribution in [0.4, 0.5) is 0 Å². The lowest BCUT2D eigenvalue weighted by molar-refractivity contribution is 0.181. The van der Waals surface area contributed by atoms with Crippen LogP contribution in [0.2, 0.25) is 0 Å². The molecule has 0 radical (unpaired) electrons. The quantitative estimate of drug-likeness (QED) is 0.570. The minimum absolute atomic E-state index is 0.302.